The first-order chi connectivity index (χ1) is 14.8. The lowest BCUT2D eigenvalue weighted by Crippen LogP contribution is -2.45. The Hall–Kier alpha value is -2.89. The van der Waals surface area contributed by atoms with Crippen LogP contribution in [-0.4, -0.2) is 54.1 Å². The molecule has 1 aromatic heterocycles. The maximum atomic E-state index is 5.73. The van der Waals surface area contributed by atoms with E-state index in [4.69, 9.17) is 9.15 Å². The SMILES string of the molecule is CCOc1cccc(-c2nc(CN3CCN(C/C=C/c4ccccc4)CC3)co2)c1. The first-order valence-electron chi connectivity index (χ1n) is 10.6. The Labute approximate surface area is 178 Å². The summed E-state index contributed by atoms with van der Waals surface area (Å²) >= 11 is 0. The molecule has 1 fully saturated rings. The number of nitrogens with zero attached hydrogens (tertiary/aromatic N) is 3. The lowest BCUT2D eigenvalue weighted by atomic mass is 10.2. The minimum atomic E-state index is 0.647. The molecule has 4 rings (SSSR count). The van der Waals surface area contributed by atoms with Crippen LogP contribution in [0.15, 0.2) is 71.4 Å². The average Bonchev–Trinajstić information content (AvgIpc) is 3.25. The number of oxazole rings is 1. The van der Waals surface area contributed by atoms with Crippen molar-refractivity contribution < 1.29 is 9.15 Å². The zero-order valence-electron chi connectivity index (χ0n) is 17.5. The summed E-state index contributed by atoms with van der Waals surface area (Å²) in [6, 6.07) is 18.3. The summed E-state index contributed by atoms with van der Waals surface area (Å²) in [5.74, 6) is 1.49. The third-order valence-electron chi connectivity index (χ3n) is 5.27. The predicted octanol–water partition coefficient (Wildman–Crippen LogP) is 4.57. The topological polar surface area (TPSA) is 41.7 Å². The molecule has 0 amide bonds. The van der Waals surface area contributed by atoms with Gasteiger partial charge in [-0.3, -0.25) is 9.80 Å². The van der Waals surface area contributed by atoms with E-state index in [9.17, 15) is 0 Å². The van der Waals surface area contributed by atoms with Crippen LogP contribution in [0.3, 0.4) is 0 Å². The van der Waals surface area contributed by atoms with Crippen molar-refractivity contribution in [2.75, 3.05) is 39.3 Å². The highest BCUT2D eigenvalue weighted by atomic mass is 16.5. The van der Waals surface area contributed by atoms with Gasteiger partial charge in [0.1, 0.15) is 12.0 Å². The van der Waals surface area contributed by atoms with E-state index in [0.29, 0.717) is 12.5 Å². The van der Waals surface area contributed by atoms with Gasteiger partial charge in [0.05, 0.1) is 12.3 Å². The largest absolute Gasteiger partial charge is 0.494 e. The van der Waals surface area contributed by atoms with E-state index in [0.717, 1.165) is 56.3 Å². The number of aromatic nitrogens is 1. The number of hydrogen-bond acceptors (Lipinski definition) is 5. The lowest BCUT2D eigenvalue weighted by molar-refractivity contribution is 0.136. The van der Waals surface area contributed by atoms with Gasteiger partial charge in [0.2, 0.25) is 5.89 Å². The number of benzene rings is 2. The van der Waals surface area contributed by atoms with Crippen molar-refractivity contribution in [1.82, 2.24) is 14.8 Å². The van der Waals surface area contributed by atoms with Gasteiger partial charge in [0.25, 0.3) is 0 Å². The standard InChI is InChI=1S/C25H29N3O2/c1-2-29-24-12-6-11-22(18-24)25-26-23(20-30-25)19-28-16-14-27(15-17-28)13-7-10-21-8-4-3-5-9-21/h3-12,18,20H,2,13-17,19H2,1H3/b10-7+. The minimum Gasteiger partial charge on any atom is -0.494 e. The van der Waals surface area contributed by atoms with Gasteiger partial charge < -0.3 is 9.15 Å². The molecule has 5 nitrogen and oxygen atoms in total. The third kappa shape index (κ3) is 5.59. The lowest BCUT2D eigenvalue weighted by Gasteiger charge is -2.33. The molecule has 5 heteroatoms. The molecule has 0 saturated carbocycles. The van der Waals surface area contributed by atoms with E-state index >= 15 is 0 Å². The van der Waals surface area contributed by atoms with Gasteiger partial charge >= 0.3 is 0 Å². The Kier molecular flexibility index (Phi) is 6.95. The molecule has 1 aliphatic heterocycles. The second-order valence-corrected chi connectivity index (χ2v) is 7.49. The molecule has 3 aromatic rings. The van der Waals surface area contributed by atoms with Crippen molar-refractivity contribution in [3.05, 3.63) is 78.2 Å². The van der Waals surface area contributed by atoms with E-state index in [-0.39, 0.29) is 0 Å². The highest BCUT2D eigenvalue weighted by Crippen LogP contribution is 2.24. The van der Waals surface area contributed by atoms with Crippen LogP contribution in [0.2, 0.25) is 0 Å². The quantitative estimate of drug-likeness (QED) is 0.551. The molecule has 0 radical (unpaired) electrons. The second-order valence-electron chi connectivity index (χ2n) is 7.49. The van der Waals surface area contributed by atoms with Crippen LogP contribution in [0.25, 0.3) is 17.5 Å². The van der Waals surface area contributed by atoms with E-state index in [1.807, 2.05) is 37.3 Å². The number of piperazine rings is 1. The molecular formula is C25H29N3O2. The minimum absolute atomic E-state index is 0.647. The molecule has 0 aliphatic carbocycles. The van der Waals surface area contributed by atoms with Gasteiger partial charge in [-0.2, -0.15) is 0 Å². The monoisotopic (exact) mass is 403 g/mol. The van der Waals surface area contributed by atoms with Crippen molar-refractivity contribution in [2.45, 2.75) is 13.5 Å². The molecule has 156 valence electrons. The molecule has 1 saturated heterocycles. The van der Waals surface area contributed by atoms with Crippen molar-refractivity contribution in [3.63, 3.8) is 0 Å². The molecule has 30 heavy (non-hydrogen) atoms. The molecule has 2 aromatic carbocycles. The van der Waals surface area contributed by atoms with Gasteiger partial charge in [0.15, 0.2) is 0 Å². The van der Waals surface area contributed by atoms with Crippen molar-refractivity contribution >= 4 is 6.08 Å². The van der Waals surface area contributed by atoms with Crippen molar-refractivity contribution in [2.24, 2.45) is 0 Å². The van der Waals surface area contributed by atoms with E-state index in [2.05, 4.69) is 51.2 Å². The van der Waals surface area contributed by atoms with Gasteiger partial charge in [-0.25, -0.2) is 4.98 Å². The van der Waals surface area contributed by atoms with Crippen LogP contribution >= 0.6 is 0 Å². The van der Waals surface area contributed by atoms with Gasteiger partial charge in [-0.1, -0.05) is 48.6 Å². The first-order valence-corrected chi connectivity index (χ1v) is 10.6. The van der Waals surface area contributed by atoms with Gasteiger partial charge in [-0.15, -0.1) is 0 Å². The number of ether oxygens (including phenoxy) is 1. The fourth-order valence-electron chi connectivity index (χ4n) is 3.66. The summed E-state index contributed by atoms with van der Waals surface area (Å²) in [5, 5.41) is 0. The second kappa shape index (κ2) is 10.2. The van der Waals surface area contributed by atoms with Crippen LogP contribution < -0.4 is 4.74 Å². The fraction of sp³-hybridized carbons (Fsp3) is 0.320. The first kappa shape index (κ1) is 20.4. The molecule has 0 N–H and O–H groups in total. The number of hydrogen-bond donors (Lipinski definition) is 0. The molecule has 0 unspecified atom stereocenters. The summed E-state index contributed by atoms with van der Waals surface area (Å²) in [6.07, 6.45) is 6.23. The summed E-state index contributed by atoms with van der Waals surface area (Å²) in [6.45, 7) is 8.67. The summed E-state index contributed by atoms with van der Waals surface area (Å²) in [7, 11) is 0. The summed E-state index contributed by atoms with van der Waals surface area (Å²) in [4.78, 5) is 9.62. The van der Waals surface area contributed by atoms with E-state index in [1.54, 1.807) is 6.26 Å². The van der Waals surface area contributed by atoms with Crippen LogP contribution in [0.5, 0.6) is 5.75 Å². The average molecular weight is 404 g/mol. The van der Waals surface area contributed by atoms with Crippen LogP contribution in [0, 0.1) is 0 Å². The Balaban J connectivity index is 1.25. The Morgan fingerprint density at radius 1 is 1.00 bits per heavy atom. The summed E-state index contributed by atoms with van der Waals surface area (Å²) < 4.78 is 11.3. The molecule has 1 aliphatic rings. The number of rotatable bonds is 8. The van der Waals surface area contributed by atoms with Crippen molar-refractivity contribution in [3.8, 4) is 17.2 Å². The third-order valence-corrected chi connectivity index (χ3v) is 5.27. The molecule has 0 spiro atoms. The normalized spacial score (nSPS) is 15.6. The van der Waals surface area contributed by atoms with Crippen molar-refractivity contribution in [1.29, 1.82) is 0 Å². The van der Waals surface area contributed by atoms with Crippen LogP contribution in [-0.2, 0) is 6.54 Å². The zero-order valence-corrected chi connectivity index (χ0v) is 17.5. The van der Waals surface area contributed by atoms with Gasteiger partial charge in [-0.05, 0) is 30.7 Å². The van der Waals surface area contributed by atoms with Gasteiger partial charge in [0, 0.05) is 44.8 Å². The molecule has 2 heterocycles. The zero-order chi connectivity index (χ0) is 20.6. The highest BCUT2D eigenvalue weighted by molar-refractivity contribution is 5.56. The maximum absolute atomic E-state index is 5.73. The van der Waals surface area contributed by atoms with E-state index < -0.39 is 0 Å². The molecular weight excluding hydrogens is 374 g/mol. The fourth-order valence-corrected chi connectivity index (χ4v) is 3.66. The molecule has 0 bridgehead atoms. The molecule has 0 atom stereocenters. The van der Waals surface area contributed by atoms with Crippen LogP contribution in [0.4, 0.5) is 0 Å². The maximum Gasteiger partial charge on any atom is 0.226 e. The van der Waals surface area contributed by atoms with Crippen LogP contribution in [0.1, 0.15) is 18.2 Å². The van der Waals surface area contributed by atoms with E-state index in [1.165, 1.54) is 5.56 Å². The summed E-state index contributed by atoms with van der Waals surface area (Å²) in [5.41, 5.74) is 3.18. The Morgan fingerprint density at radius 3 is 2.60 bits per heavy atom. The predicted molar refractivity (Wildman–Crippen MR) is 120 cm³/mol. The smallest absolute Gasteiger partial charge is 0.226 e. The highest BCUT2D eigenvalue weighted by Gasteiger charge is 2.17. The Bertz CT molecular complexity index is 944. The Morgan fingerprint density at radius 2 is 1.80 bits per heavy atom.